The van der Waals surface area contributed by atoms with E-state index in [4.69, 9.17) is 5.73 Å². The Bertz CT molecular complexity index is 360. The van der Waals surface area contributed by atoms with Crippen molar-refractivity contribution in [1.82, 2.24) is 9.78 Å². The van der Waals surface area contributed by atoms with E-state index in [1.807, 2.05) is 13.2 Å². The zero-order valence-corrected chi connectivity index (χ0v) is 8.70. The maximum absolute atomic E-state index is 5.86. The minimum Gasteiger partial charge on any atom is -0.387 e. The summed E-state index contributed by atoms with van der Waals surface area (Å²) in [7, 11) is 1.91. The van der Waals surface area contributed by atoms with E-state index in [0.29, 0.717) is 5.92 Å². The summed E-state index contributed by atoms with van der Waals surface area (Å²) in [5, 5.41) is 4.32. The summed E-state index contributed by atoms with van der Waals surface area (Å²) >= 11 is 0. The normalized spacial score (nSPS) is 17.4. The van der Waals surface area contributed by atoms with Crippen LogP contribution in [0.3, 0.4) is 0 Å². The van der Waals surface area contributed by atoms with Gasteiger partial charge >= 0.3 is 0 Å². The summed E-state index contributed by atoms with van der Waals surface area (Å²) in [5.74, 6) is 1.30. The van der Waals surface area contributed by atoms with E-state index in [1.165, 1.54) is 12.8 Å². The summed E-state index contributed by atoms with van der Waals surface area (Å²) < 4.78 is 1.79. The van der Waals surface area contributed by atoms with Gasteiger partial charge in [-0.05, 0) is 19.3 Å². The van der Waals surface area contributed by atoms with E-state index in [0.717, 1.165) is 23.6 Å². The van der Waals surface area contributed by atoms with E-state index in [-0.39, 0.29) is 0 Å². The van der Waals surface area contributed by atoms with E-state index >= 15 is 0 Å². The SMILES string of the molecule is CCc1nn(C)cc1N=C(N)C1CC1. The molecule has 1 fully saturated rings. The van der Waals surface area contributed by atoms with Gasteiger partial charge in [0.15, 0.2) is 0 Å². The second-order valence-electron chi connectivity index (χ2n) is 3.80. The molecule has 1 heterocycles. The van der Waals surface area contributed by atoms with Crippen molar-refractivity contribution in [3.05, 3.63) is 11.9 Å². The molecule has 0 atom stereocenters. The maximum Gasteiger partial charge on any atom is 0.106 e. The monoisotopic (exact) mass is 192 g/mol. The molecule has 1 aliphatic carbocycles. The molecule has 0 aliphatic heterocycles. The summed E-state index contributed by atoms with van der Waals surface area (Å²) in [5.41, 5.74) is 7.81. The van der Waals surface area contributed by atoms with E-state index in [1.54, 1.807) is 4.68 Å². The first-order valence-corrected chi connectivity index (χ1v) is 5.07. The van der Waals surface area contributed by atoms with Crippen LogP contribution in [0.4, 0.5) is 5.69 Å². The van der Waals surface area contributed by atoms with Crippen molar-refractivity contribution in [2.24, 2.45) is 23.7 Å². The fourth-order valence-electron chi connectivity index (χ4n) is 1.48. The van der Waals surface area contributed by atoms with Gasteiger partial charge in [-0.2, -0.15) is 5.10 Å². The average molecular weight is 192 g/mol. The number of aryl methyl sites for hydroxylation is 2. The van der Waals surface area contributed by atoms with Gasteiger partial charge in [0, 0.05) is 13.0 Å². The fourth-order valence-corrected chi connectivity index (χ4v) is 1.48. The maximum atomic E-state index is 5.86. The van der Waals surface area contributed by atoms with E-state index in [9.17, 15) is 0 Å². The number of rotatable bonds is 3. The van der Waals surface area contributed by atoms with Gasteiger partial charge in [-0.15, -0.1) is 0 Å². The molecule has 2 N–H and O–H groups in total. The van der Waals surface area contributed by atoms with Gasteiger partial charge in [-0.3, -0.25) is 4.68 Å². The highest BCUT2D eigenvalue weighted by Gasteiger charge is 2.25. The molecule has 0 spiro atoms. The first-order valence-electron chi connectivity index (χ1n) is 5.07. The summed E-state index contributed by atoms with van der Waals surface area (Å²) in [6, 6.07) is 0. The lowest BCUT2D eigenvalue weighted by Gasteiger charge is -1.96. The predicted octanol–water partition coefficient (Wildman–Crippen LogP) is 1.38. The Labute approximate surface area is 83.8 Å². The third-order valence-electron chi connectivity index (χ3n) is 2.46. The summed E-state index contributed by atoms with van der Waals surface area (Å²) in [6.45, 7) is 2.08. The van der Waals surface area contributed by atoms with Gasteiger partial charge in [0.2, 0.25) is 0 Å². The largest absolute Gasteiger partial charge is 0.387 e. The molecule has 4 heteroatoms. The highest BCUT2D eigenvalue weighted by molar-refractivity contribution is 5.87. The summed E-state index contributed by atoms with van der Waals surface area (Å²) in [6.07, 6.45) is 5.21. The van der Waals surface area contributed by atoms with Crippen LogP contribution in [-0.2, 0) is 13.5 Å². The first kappa shape index (κ1) is 9.24. The smallest absolute Gasteiger partial charge is 0.106 e. The number of amidine groups is 1. The van der Waals surface area contributed by atoms with Crippen LogP contribution in [0.15, 0.2) is 11.2 Å². The zero-order chi connectivity index (χ0) is 10.1. The minimum atomic E-state index is 0.528. The van der Waals surface area contributed by atoms with Crippen molar-refractivity contribution < 1.29 is 0 Å². The lowest BCUT2D eigenvalue weighted by atomic mass is 10.3. The lowest BCUT2D eigenvalue weighted by molar-refractivity contribution is 0.746. The second kappa shape index (κ2) is 3.44. The van der Waals surface area contributed by atoms with Gasteiger partial charge in [-0.25, -0.2) is 4.99 Å². The van der Waals surface area contributed by atoms with Crippen molar-refractivity contribution in [3.8, 4) is 0 Å². The molecule has 0 saturated heterocycles. The fraction of sp³-hybridized carbons (Fsp3) is 0.600. The second-order valence-corrected chi connectivity index (χ2v) is 3.80. The molecule has 1 aromatic heterocycles. The molecular weight excluding hydrogens is 176 g/mol. The molecule has 14 heavy (non-hydrogen) atoms. The van der Waals surface area contributed by atoms with Crippen molar-refractivity contribution in [2.75, 3.05) is 0 Å². The van der Waals surface area contributed by atoms with Gasteiger partial charge in [0.05, 0.1) is 11.9 Å². The van der Waals surface area contributed by atoms with Crippen molar-refractivity contribution in [2.45, 2.75) is 26.2 Å². The Morgan fingerprint density at radius 2 is 2.43 bits per heavy atom. The van der Waals surface area contributed by atoms with Gasteiger partial charge in [-0.1, -0.05) is 6.92 Å². The van der Waals surface area contributed by atoms with E-state index < -0.39 is 0 Å². The third-order valence-corrected chi connectivity index (χ3v) is 2.46. The van der Waals surface area contributed by atoms with Crippen molar-refractivity contribution in [1.29, 1.82) is 0 Å². The Hall–Kier alpha value is -1.32. The number of hydrogen-bond donors (Lipinski definition) is 1. The van der Waals surface area contributed by atoms with Gasteiger partial charge in [0.1, 0.15) is 11.5 Å². The Balaban J connectivity index is 2.25. The number of aromatic nitrogens is 2. The van der Waals surface area contributed by atoms with Crippen LogP contribution >= 0.6 is 0 Å². The average Bonchev–Trinajstić information content (AvgIpc) is 2.92. The van der Waals surface area contributed by atoms with Crippen molar-refractivity contribution >= 4 is 11.5 Å². The van der Waals surface area contributed by atoms with Crippen LogP contribution < -0.4 is 5.73 Å². The predicted molar refractivity (Wildman–Crippen MR) is 56.6 cm³/mol. The first-order chi connectivity index (χ1) is 6.70. The van der Waals surface area contributed by atoms with Crippen molar-refractivity contribution in [3.63, 3.8) is 0 Å². The third kappa shape index (κ3) is 1.78. The quantitative estimate of drug-likeness (QED) is 0.581. The molecule has 0 radical (unpaired) electrons. The molecule has 0 bridgehead atoms. The molecular formula is C10H16N4. The molecule has 0 amide bonds. The highest BCUT2D eigenvalue weighted by atomic mass is 15.3. The standard InChI is InChI=1S/C10H16N4/c1-3-8-9(6-14(2)13-8)12-10(11)7-4-5-7/h6-7H,3-5H2,1-2H3,(H2,11,12). The van der Waals surface area contributed by atoms with Crippen LogP contribution in [0.2, 0.25) is 0 Å². The molecule has 1 aliphatic rings. The number of nitrogens with zero attached hydrogens (tertiary/aromatic N) is 3. The van der Waals surface area contributed by atoms with Crippen LogP contribution in [0.1, 0.15) is 25.5 Å². The molecule has 1 aromatic rings. The number of nitrogens with two attached hydrogens (primary N) is 1. The van der Waals surface area contributed by atoms with Crippen LogP contribution in [0.5, 0.6) is 0 Å². The van der Waals surface area contributed by atoms with Gasteiger partial charge in [0.25, 0.3) is 0 Å². The molecule has 0 aromatic carbocycles. The van der Waals surface area contributed by atoms with Crippen LogP contribution in [0, 0.1) is 5.92 Å². The molecule has 1 saturated carbocycles. The Kier molecular flexibility index (Phi) is 2.27. The zero-order valence-electron chi connectivity index (χ0n) is 8.70. The molecule has 76 valence electrons. The van der Waals surface area contributed by atoms with Gasteiger partial charge < -0.3 is 5.73 Å². The van der Waals surface area contributed by atoms with E-state index in [2.05, 4.69) is 17.0 Å². The number of hydrogen-bond acceptors (Lipinski definition) is 2. The Morgan fingerprint density at radius 1 is 1.71 bits per heavy atom. The summed E-state index contributed by atoms with van der Waals surface area (Å²) in [4.78, 5) is 4.42. The Morgan fingerprint density at radius 3 is 3.00 bits per heavy atom. The lowest BCUT2D eigenvalue weighted by Crippen LogP contribution is -2.13. The molecule has 4 nitrogen and oxygen atoms in total. The minimum absolute atomic E-state index is 0.528. The highest BCUT2D eigenvalue weighted by Crippen LogP contribution is 2.30. The number of aliphatic imine (C=N–C) groups is 1. The molecule has 0 unspecified atom stereocenters. The van der Waals surface area contributed by atoms with Crippen LogP contribution in [0.25, 0.3) is 0 Å². The molecule has 2 rings (SSSR count). The van der Waals surface area contributed by atoms with Crippen LogP contribution in [-0.4, -0.2) is 15.6 Å². The topological polar surface area (TPSA) is 56.2 Å².